The first kappa shape index (κ1) is 15.1. The van der Waals surface area contributed by atoms with E-state index in [2.05, 4.69) is 26.2 Å². The van der Waals surface area contributed by atoms with Crippen molar-refractivity contribution in [3.05, 3.63) is 0 Å². The number of aliphatic imine (C=N–C) groups is 2. The molecule has 2 fully saturated rings. The lowest BCUT2D eigenvalue weighted by Crippen LogP contribution is -2.60. The van der Waals surface area contributed by atoms with Gasteiger partial charge in [-0.3, -0.25) is 19.8 Å². The van der Waals surface area contributed by atoms with E-state index in [0.29, 0.717) is 12.3 Å². The summed E-state index contributed by atoms with van der Waals surface area (Å²) in [4.78, 5) is 14.6. The van der Waals surface area contributed by atoms with Gasteiger partial charge in [0.25, 0.3) is 0 Å². The monoisotopic (exact) mass is 314 g/mol. The quantitative estimate of drug-likeness (QED) is 0.850. The largest absolute Gasteiger partial charge is 0.335 e. The molecule has 0 saturated carbocycles. The zero-order valence-corrected chi connectivity index (χ0v) is 13.7. The maximum Gasteiger partial charge on any atom is 0.114 e. The van der Waals surface area contributed by atoms with Crippen molar-refractivity contribution in [3.8, 4) is 6.07 Å². The lowest BCUT2D eigenvalue weighted by atomic mass is 9.85. The summed E-state index contributed by atoms with van der Waals surface area (Å²) < 4.78 is 0. The molecule has 1 spiro atoms. The molecule has 2 unspecified atom stereocenters. The number of nitrogens with one attached hydrogen (secondary N) is 1. The summed E-state index contributed by atoms with van der Waals surface area (Å²) in [6.45, 7) is 5.25. The molecule has 0 aromatic carbocycles. The summed E-state index contributed by atoms with van der Waals surface area (Å²) in [6, 6.07) is 2.32. The van der Waals surface area contributed by atoms with Crippen LogP contribution >= 0.6 is 0 Å². The second kappa shape index (κ2) is 6.21. The Bertz CT molecular complexity index is 550. The van der Waals surface area contributed by atoms with Crippen LogP contribution < -0.4 is 5.32 Å². The zero-order valence-electron chi connectivity index (χ0n) is 13.7. The Hall–Kier alpha value is -1.45. The van der Waals surface area contributed by atoms with Crippen molar-refractivity contribution in [3.63, 3.8) is 0 Å². The smallest absolute Gasteiger partial charge is 0.114 e. The number of piperidine rings is 1. The average molecular weight is 314 g/mol. The van der Waals surface area contributed by atoms with Gasteiger partial charge in [-0.25, -0.2) is 0 Å². The average Bonchev–Trinajstić information content (AvgIpc) is 3.20. The van der Waals surface area contributed by atoms with E-state index in [-0.39, 0.29) is 11.7 Å². The van der Waals surface area contributed by atoms with Crippen LogP contribution in [0.2, 0.25) is 0 Å². The molecular weight excluding hydrogens is 288 g/mol. The Balaban J connectivity index is 1.51. The number of fused-ring (bicyclic) bond motifs is 1. The van der Waals surface area contributed by atoms with Gasteiger partial charge in [0.2, 0.25) is 0 Å². The normalized spacial score (nSPS) is 37.4. The number of hydrogen-bond acceptors (Lipinski definition) is 6. The lowest BCUT2D eigenvalue weighted by Gasteiger charge is -2.48. The second-order valence-corrected chi connectivity index (χ2v) is 7.30. The molecule has 0 aliphatic carbocycles. The fourth-order valence-electron chi connectivity index (χ4n) is 5.02. The molecule has 2 saturated heterocycles. The van der Waals surface area contributed by atoms with Crippen molar-refractivity contribution in [2.45, 2.75) is 50.2 Å². The van der Waals surface area contributed by atoms with Crippen LogP contribution in [0.5, 0.6) is 0 Å². The lowest BCUT2D eigenvalue weighted by molar-refractivity contribution is 0.0156. The Kier molecular flexibility index (Phi) is 4.08. The van der Waals surface area contributed by atoms with Crippen molar-refractivity contribution < 1.29 is 0 Å². The molecule has 4 rings (SSSR count). The Morgan fingerprint density at radius 3 is 3.09 bits per heavy atom. The van der Waals surface area contributed by atoms with Crippen LogP contribution in [0.4, 0.5) is 0 Å². The van der Waals surface area contributed by atoms with Crippen molar-refractivity contribution >= 4 is 12.2 Å². The summed E-state index contributed by atoms with van der Waals surface area (Å²) >= 11 is 0. The van der Waals surface area contributed by atoms with Gasteiger partial charge in [0.15, 0.2) is 0 Å². The molecule has 23 heavy (non-hydrogen) atoms. The van der Waals surface area contributed by atoms with Crippen molar-refractivity contribution in [1.82, 2.24) is 15.1 Å². The molecule has 6 heteroatoms. The first-order valence-corrected chi connectivity index (χ1v) is 9.01. The Labute approximate surface area is 138 Å². The highest BCUT2D eigenvalue weighted by Crippen LogP contribution is 2.39. The number of nitrogens with zero attached hydrogens (tertiary/aromatic N) is 5. The predicted octanol–water partition coefficient (Wildman–Crippen LogP) is 1.21. The summed E-state index contributed by atoms with van der Waals surface area (Å²) in [5.41, 5.74) is 0.283. The van der Waals surface area contributed by atoms with Crippen molar-refractivity contribution in [2.24, 2.45) is 15.9 Å². The van der Waals surface area contributed by atoms with Gasteiger partial charge in [-0.05, 0) is 38.6 Å². The highest BCUT2D eigenvalue weighted by molar-refractivity contribution is 5.96. The van der Waals surface area contributed by atoms with Gasteiger partial charge in [-0.2, -0.15) is 5.26 Å². The molecule has 0 aromatic heterocycles. The molecule has 4 aliphatic rings. The number of amidine groups is 1. The molecule has 0 radical (unpaired) electrons. The van der Waals surface area contributed by atoms with E-state index in [9.17, 15) is 0 Å². The molecule has 4 aliphatic heterocycles. The topological polar surface area (TPSA) is 67.0 Å². The molecule has 4 heterocycles. The SMILES string of the molecule is N#CCCN1CCC[C@@]12CCCN(C1N=CNC3=NCCC31)C2. The van der Waals surface area contributed by atoms with Crippen LogP contribution in [0.25, 0.3) is 0 Å². The number of likely N-dealkylation sites (tertiary alicyclic amines) is 2. The van der Waals surface area contributed by atoms with Crippen molar-refractivity contribution in [2.75, 3.05) is 32.7 Å². The third kappa shape index (κ3) is 2.66. The minimum Gasteiger partial charge on any atom is -0.335 e. The fraction of sp³-hybridized carbons (Fsp3) is 0.824. The molecule has 0 amide bonds. The van der Waals surface area contributed by atoms with Crippen LogP contribution in [-0.2, 0) is 0 Å². The van der Waals surface area contributed by atoms with Crippen LogP contribution in [0.1, 0.15) is 38.5 Å². The first-order chi connectivity index (χ1) is 11.3. The van der Waals surface area contributed by atoms with Crippen molar-refractivity contribution in [1.29, 1.82) is 5.26 Å². The molecule has 0 bridgehead atoms. The molecule has 3 atom stereocenters. The summed E-state index contributed by atoms with van der Waals surface area (Å²) in [7, 11) is 0. The van der Waals surface area contributed by atoms with E-state index in [1.165, 1.54) is 25.7 Å². The van der Waals surface area contributed by atoms with Crippen LogP contribution in [0.15, 0.2) is 9.98 Å². The molecule has 6 nitrogen and oxygen atoms in total. The van der Waals surface area contributed by atoms with Gasteiger partial charge in [0, 0.05) is 38.1 Å². The zero-order chi connectivity index (χ0) is 15.7. The maximum atomic E-state index is 8.95. The van der Waals surface area contributed by atoms with Crippen LogP contribution in [0, 0.1) is 17.2 Å². The summed E-state index contributed by atoms with van der Waals surface area (Å²) in [5.74, 6) is 1.58. The Morgan fingerprint density at radius 1 is 1.35 bits per heavy atom. The fourth-order valence-corrected chi connectivity index (χ4v) is 5.02. The van der Waals surface area contributed by atoms with E-state index in [1.54, 1.807) is 0 Å². The number of nitriles is 1. The van der Waals surface area contributed by atoms with E-state index >= 15 is 0 Å². The minimum atomic E-state index is 0.257. The first-order valence-electron chi connectivity index (χ1n) is 9.01. The van der Waals surface area contributed by atoms with Gasteiger partial charge in [0.1, 0.15) is 12.0 Å². The predicted molar refractivity (Wildman–Crippen MR) is 90.4 cm³/mol. The minimum absolute atomic E-state index is 0.257. The van der Waals surface area contributed by atoms with Gasteiger partial charge in [0.05, 0.1) is 18.3 Å². The summed E-state index contributed by atoms with van der Waals surface area (Å²) in [6.07, 6.45) is 8.91. The molecule has 1 N–H and O–H groups in total. The van der Waals surface area contributed by atoms with E-state index in [1.807, 2.05) is 6.34 Å². The standard InChI is InChI=1S/C17H26N6/c18-7-3-11-23-10-2-6-17(23)5-1-9-22(12-17)16-14-4-8-19-15(14)20-13-21-16/h13-14,16H,1-6,8-12H2,(H,19,20,21)/t14?,16?,17-/m1/s1. The summed E-state index contributed by atoms with van der Waals surface area (Å²) in [5, 5.41) is 12.2. The van der Waals surface area contributed by atoms with E-state index in [0.717, 1.165) is 45.0 Å². The van der Waals surface area contributed by atoms with Crippen LogP contribution in [-0.4, -0.2) is 66.4 Å². The Morgan fingerprint density at radius 2 is 2.22 bits per heavy atom. The highest BCUT2D eigenvalue weighted by atomic mass is 15.3. The van der Waals surface area contributed by atoms with Gasteiger partial charge < -0.3 is 5.32 Å². The third-order valence-electron chi connectivity index (χ3n) is 6.07. The molecular formula is C17H26N6. The van der Waals surface area contributed by atoms with Gasteiger partial charge in [-0.1, -0.05) is 0 Å². The number of rotatable bonds is 3. The van der Waals surface area contributed by atoms with E-state index in [4.69, 9.17) is 10.3 Å². The molecule has 124 valence electrons. The van der Waals surface area contributed by atoms with Crippen LogP contribution in [0.3, 0.4) is 0 Å². The molecule has 0 aromatic rings. The van der Waals surface area contributed by atoms with E-state index < -0.39 is 0 Å². The van der Waals surface area contributed by atoms with Gasteiger partial charge >= 0.3 is 0 Å². The highest BCUT2D eigenvalue weighted by Gasteiger charge is 2.46. The third-order valence-corrected chi connectivity index (χ3v) is 6.07. The number of hydrogen-bond donors (Lipinski definition) is 1. The second-order valence-electron chi connectivity index (χ2n) is 7.30. The maximum absolute atomic E-state index is 8.95. The van der Waals surface area contributed by atoms with Gasteiger partial charge in [-0.15, -0.1) is 0 Å².